The van der Waals surface area contributed by atoms with Crippen LogP contribution in [0, 0.1) is 0 Å². The van der Waals surface area contributed by atoms with Gasteiger partial charge in [-0.05, 0) is 31.4 Å². The van der Waals surface area contributed by atoms with Crippen LogP contribution in [-0.4, -0.2) is 84.1 Å². The van der Waals surface area contributed by atoms with Gasteiger partial charge in [0.25, 0.3) is 0 Å². The van der Waals surface area contributed by atoms with Crippen LogP contribution in [0.15, 0.2) is 22.8 Å². The standard InChI is InChI=1S/C18H26N2O4.C2HF3O2/c21-17(20-6-1-2-7-20)13-23-16-10-18(24-12-16)5-8-19(14-18)11-15-4-3-9-22-15;3-2(4,5)1(6)7/h3-4,9,16H,1-2,5-8,10-14H2;(H,6,7)/t16-,18-;/m0./s1. The molecule has 3 saturated heterocycles. The number of aliphatic carboxylic acids is 1. The van der Waals surface area contributed by atoms with E-state index in [9.17, 15) is 18.0 Å². The van der Waals surface area contributed by atoms with Crippen LogP contribution in [0.1, 0.15) is 31.4 Å². The fourth-order valence-corrected chi connectivity index (χ4v) is 4.13. The van der Waals surface area contributed by atoms with Gasteiger partial charge in [-0.15, -0.1) is 0 Å². The molecule has 4 heterocycles. The third-order valence-electron chi connectivity index (χ3n) is 5.67. The zero-order valence-corrected chi connectivity index (χ0v) is 17.1. The third-order valence-corrected chi connectivity index (χ3v) is 5.67. The van der Waals surface area contributed by atoms with Crippen molar-refractivity contribution in [2.45, 2.75) is 50.1 Å². The number of carboxylic acid groups (broad SMARTS) is 1. The van der Waals surface area contributed by atoms with Crippen molar-refractivity contribution in [3.8, 4) is 0 Å². The number of alkyl halides is 3. The van der Waals surface area contributed by atoms with Gasteiger partial charge in [0.1, 0.15) is 12.4 Å². The molecule has 2 atom stereocenters. The summed E-state index contributed by atoms with van der Waals surface area (Å²) >= 11 is 0. The van der Waals surface area contributed by atoms with Gasteiger partial charge in [0.15, 0.2) is 0 Å². The summed E-state index contributed by atoms with van der Waals surface area (Å²) in [5, 5.41) is 7.12. The summed E-state index contributed by atoms with van der Waals surface area (Å²) in [5.41, 5.74) is -0.103. The second kappa shape index (κ2) is 10.0. The Morgan fingerprint density at radius 2 is 1.97 bits per heavy atom. The Morgan fingerprint density at radius 3 is 2.58 bits per heavy atom. The molecule has 3 aliphatic rings. The number of likely N-dealkylation sites (tertiary alicyclic amines) is 2. The lowest BCUT2D eigenvalue weighted by Crippen LogP contribution is -2.34. The van der Waals surface area contributed by atoms with Crippen LogP contribution in [-0.2, 0) is 25.6 Å². The number of carbonyl (C=O) groups excluding carboxylic acids is 1. The van der Waals surface area contributed by atoms with Gasteiger partial charge in [0.2, 0.25) is 5.91 Å². The molecule has 0 aliphatic carbocycles. The highest BCUT2D eigenvalue weighted by Gasteiger charge is 2.46. The maximum absolute atomic E-state index is 12.1. The van der Waals surface area contributed by atoms with E-state index in [4.69, 9.17) is 23.8 Å². The molecule has 31 heavy (non-hydrogen) atoms. The first-order chi connectivity index (χ1) is 14.7. The lowest BCUT2D eigenvalue weighted by molar-refractivity contribution is -0.192. The summed E-state index contributed by atoms with van der Waals surface area (Å²) in [6.45, 7) is 5.32. The Kier molecular flexibility index (Phi) is 7.60. The van der Waals surface area contributed by atoms with Crippen LogP contribution in [0.4, 0.5) is 13.2 Å². The lowest BCUT2D eigenvalue weighted by atomic mass is 9.98. The van der Waals surface area contributed by atoms with Crippen molar-refractivity contribution in [3.05, 3.63) is 24.2 Å². The molecule has 4 rings (SSSR count). The predicted octanol–water partition coefficient (Wildman–Crippen LogP) is 2.29. The number of carboxylic acids is 1. The van der Waals surface area contributed by atoms with Crippen molar-refractivity contribution in [3.63, 3.8) is 0 Å². The fourth-order valence-electron chi connectivity index (χ4n) is 4.13. The number of amides is 1. The number of carbonyl (C=O) groups is 2. The van der Waals surface area contributed by atoms with E-state index < -0.39 is 12.1 Å². The molecular weight excluding hydrogens is 421 g/mol. The monoisotopic (exact) mass is 448 g/mol. The Hall–Kier alpha value is -2.11. The predicted molar refractivity (Wildman–Crippen MR) is 101 cm³/mol. The largest absolute Gasteiger partial charge is 0.490 e. The summed E-state index contributed by atoms with van der Waals surface area (Å²) in [5.74, 6) is -1.64. The Morgan fingerprint density at radius 1 is 1.26 bits per heavy atom. The quantitative estimate of drug-likeness (QED) is 0.739. The molecule has 3 fully saturated rings. The number of furan rings is 1. The van der Waals surface area contributed by atoms with Gasteiger partial charge >= 0.3 is 12.1 Å². The van der Waals surface area contributed by atoms with Crippen molar-refractivity contribution < 1.29 is 41.8 Å². The number of hydrogen-bond acceptors (Lipinski definition) is 6. The second-order valence-electron chi connectivity index (χ2n) is 8.06. The molecule has 0 unspecified atom stereocenters. The molecule has 3 aliphatic heterocycles. The van der Waals surface area contributed by atoms with E-state index >= 15 is 0 Å². The van der Waals surface area contributed by atoms with Gasteiger partial charge in [-0.1, -0.05) is 0 Å². The minimum atomic E-state index is -5.08. The molecule has 11 heteroatoms. The molecule has 1 spiro atoms. The molecule has 0 aromatic carbocycles. The molecule has 174 valence electrons. The van der Waals surface area contributed by atoms with Crippen molar-refractivity contribution in [1.29, 1.82) is 0 Å². The van der Waals surface area contributed by atoms with Gasteiger partial charge in [0.05, 0.1) is 31.1 Å². The number of ether oxygens (including phenoxy) is 2. The smallest absolute Gasteiger partial charge is 0.475 e. The van der Waals surface area contributed by atoms with Gasteiger partial charge < -0.3 is 23.9 Å². The molecule has 0 radical (unpaired) electrons. The zero-order valence-electron chi connectivity index (χ0n) is 17.1. The van der Waals surface area contributed by atoms with Crippen LogP contribution < -0.4 is 0 Å². The van der Waals surface area contributed by atoms with Crippen LogP contribution >= 0.6 is 0 Å². The van der Waals surface area contributed by atoms with E-state index in [2.05, 4.69) is 4.90 Å². The molecule has 0 saturated carbocycles. The topological polar surface area (TPSA) is 92.5 Å². The van der Waals surface area contributed by atoms with E-state index in [-0.39, 0.29) is 24.2 Å². The number of halogens is 3. The minimum Gasteiger partial charge on any atom is -0.475 e. The van der Waals surface area contributed by atoms with Crippen LogP contribution in [0.5, 0.6) is 0 Å². The highest BCUT2D eigenvalue weighted by Crippen LogP contribution is 2.36. The SMILES string of the molecule is O=C(CO[C@@H]1CO[C@@]2(CCN(Cc3ccco3)C2)C1)N1CCCC1.O=C(O)C(F)(F)F. The van der Waals surface area contributed by atoms with E-state index in [1.54, 1.807) is 6.26 Å². The van der Waals surface area contributed by atoms with Gasteiger partial charge in [-0.3, -0.25) is 9.69 Å². The van der Waals surface area contributed by atoms with Crippen LogP contribution in [0.3, 0.4) is 0 Å². The molecule has 1 N–H and O–H groups in total. The molecule has 1 aromatic rings. The average Bonchev–Trinajstić information content (AvgIpc) is 3.50. The number of hydrogen-bond donors (Lipinski definition) is 1. The summed E-state index contributed by atoms with van der Waals surface area (Å²) in [7, 11) is 0. The summed E-state index contributed by atoms with van der Waals surface area (Å²) in [6, 6.07) is 3.94. The summed E-state index contributed by atoms with van der Waals surface area (Å²) in [6.07, 6.45) is 0.816. The van der Waals surface area contributed by atoms with Crippen molar-refractivity contribution in [2.24, 2.45) is 0 Å². The molecular formula is C20H27F3N2O6. The molecule has 1 aromatic heterocycles. The maximum atomic E-state index is 12.1. The Bertz CT molecular complexity index is 736. The zero-order chi connectivity index (χ0) is 22.5. The number of rotatable bonds is 5. The molecule has 0 bridgehead atoms. The van der Waals surface area contributed by atoms with E-state index in [0.717, 1.165) is 64.2 Å². The van der Waals surface area contributed by atoms with Crippen molar-refractivity contribution >= 4 is 11.9 Å². The van der Waals surface area contributed by atoms with E-state index in [0.29, 0.717) is 6.61 Å². The molecule has 1 amide bonds. The van der Waals surface area contributed by atoms with Crippen molar-refractivity contribution in [2.75, 3.05) is 39.4 Å². The van der Waals surface area contributed by atoms with E-state index in [1.165, 1.54) is 0 Å². The van der Waals surface area contributed by atoms with Crippen molar-refractivity contribution in [1.82, 2.24) is 9.80 Å². The lowest BCUT2D eigenvalue weighted by Gasteiger charge is -2.23. The Balaban J connectivity index is 0.000000339. The van der Waals surface area contributed by atoms with Gasteiger partial charge in [-0.25, -0.2) is 4.79 Å². The minimum absolute atomic E-state index is 0.0418. The highest BCUT2D eigenvalue weighted by atomic mass is 19.4. The summed E-state index contributed by atoms with van der Waals surface area (Å²) < 4.78 is 49.1. The first-order valence-corrected chi connectivity index (χ1v) is 10.3. The fraction of sp³-hybridized carbons (Fsp3) is 0.700. The highest BCUT2D eigenvalue weighted by molar-refractivity contribution is 5.77. The van der Waals surface area contributed by atoms with Gasteiger partial charge in [0, 0.05) is 32.6 Å². The van der Waals surface area contributed by atoms with Crippen LogP contribution in [0.25, 0.3) is 0 Å². The third kappa shape index (κ3) is 6.68. The first kappa shape index (κ1) is 23.6. The Labute approximate surface area is 177 Å². The van der Waals surface area contributed by atoms with Gasteiger partial charge in [-0.2, -0.15) is 13.2 Å². The average molecular weight is 448 g/mol. The number of nitrogens with zero attached hydrogens (tertiary/aromatic N) is 2. The van der Waals surface area contributed by atoms with E-state index in [1.807, 2.05) is 17.0 Å². The van der Waals surface area contributed by atoms with Crippen LogP contribution in [0.2, 0.25) is 0 Å². The molecule has 8 nitrogen and oxygen atoms in total. The summed E-state index contributed by atoms with van der Waals surface area (Å²) in [4.78, 5) is 25.3. The first-order valence-electron chi connectivity index (χ1n) is 10.3. The maximum Gasteiger partial charge on any atom is 0.490 e. The second-order valence-corrected chi connectivity index (χ2v) is 8.06. The normalized spacial score (nSPS) is 26.3.